The minimum Gasteiger partial charge on any atom is -0.489 e. The molecule has 14 heteroatoms. The Morgan fingerprint density at radius 2 is 1.77 bits per heavy atom. The Morgan fingerprint density at radius 3 is 2.44 bits per heavy atom. The van der Waals surface area contributed by atoms with E-state index in [0.29, 0.717) is 5.75 Å². The molecular weight excluding hydrogens is 571 g/mol. The highest BCUT2D eigenvalue weighted by Gasteiger charge is 2.43. The van der Waals surface area contributed by atoms with Crippen LogP contribution in [0.4, 0.5) is 18.0 Å². The van der Waals surface area contributed by atoms with E-state index in [4.69, 9.17) is 4.74 Å². The van der Waals surface area contributed by atoms with Crippen molar-refractivity contribution in [1.82, 2.24) is 25.6 Å². The lowest BCUT2D eigenvalue weighted by Crippen LogP contribution is -2.59. The minimum absolute atomic E-state index is 0.00410. The van der Waals surface area contributed by atoms with Gasteiger partial charge in [0.25, 0.3) is 11.8 Å². The first-order valence-electron chi connectivity index (χ1n) is 13.3. The molecule has 1 aliphatic rings. The number of amides is 4. The summed E-state index contributed by atoms with van der Waals surface area (Å²) in [5.74, 6) is -4.80. The number of nitrogens with zero attached hydrogens (tertiary/aromatic N) is 3. The third-order valence-corrected chi connectivity index (χ3v) is 6.84. The van der Waals surface area contributed by atoms with E-state index in [1.807, 2.05) is 37.3 Å². The Bertz CT molecular complexity index is 1510. The quantitative estimate of drug-likeness (QED) is 0.415. The average Bonchev–Trinajstić information content (AvgIpc) is 2.97. The summed E-state index contributed by atoms with van der Waals surface area (Å²) in [5.41, 5.74) is 4.40. The van der Waals surface area contributed by atoms with E-state index >= 15 is 0 Å². The molecule has 2 aromatic carbocycles. The van der Waals surface area contributed by atoms with Crippen LogP contribution in [-0.2, 0) is 21.0 Å². The van der Waals surface area contributed by atoms with E-state index in [9.17, 15) is 32.3 Å². The highest BCUT2D eigenvalue weighted by Crippen LogP contribution is 2.23. The zero-order chi connectivity index (χ0) is 31.3. The van der Waals surface area contributed by atoms with Crippen LogP contribution in [0.3, 0.4) is 0 Å². The Balaban J connectivity index is 1.43. The number of pyridine rings is 1. The van der Waals surface area contributed by atoms with Crippen LogP contribution in [0.15, 0.2) is 54.6 Å². The van der Waals surface area contributed by atoms with Gasteiger partial charge in [0.05, 0.1) is 17.5 Å². The predicted octanol–water partition coefficient (Wildman–Crippen LogP) is 3.36. The number of piperidine rings is 1. The van der Waals surface area contributed by atoms with E-state index in [1.165, 1.54) is 41.5 Å². The molecule has 0 aliphatic carbocycles. The molecule has 2 atom stereocenters. The predicted molar refractivity (Wildman–Crippen MR) is 148 cm³/mol. The van der Waals surface area contributed by atoms with Gasteiger partial charge in [0, 0.05) is 49.4 Å². The van der Waals surface area contributed by atoms with Crippen LogP contribution < -0.4 is 15.5 Å². The summed E-state index contributed by atoms with van der Waals surface area (Å²) in [6.45, 7) is 2.15. The number of benzene rings is 2. The fraction of sp³-hybridized carbons (Fsp3) is 0.345. The summed E-state index contributed by atoms with van der Waals surface area (Å²) in [7, 11) is 3.07. The molecule has 0 saturated carbocycles. The van der Waals surface area contributed by atoms with Crippen molar-refractivity contribution >= 4 is 34.7 Å². The van der Waals surface area contributed by atoms with Crippen LogP contribution in [-0.4, -0.2) is 78.0 Å². The fourth-order valence-corrected chi connectivity index (χ4v) is 4.73. The van der Waals surface area contributed by atoms with E-state index < -0.39 is 35.9 Å². The van der Waals surface area contributed by atoms with Gasteiger partial charge in [-0.2, -0.15) is 18.7 Å². The van der Waals surface area contributed by atoms with Gasteiger partial charge in [-0.1, -0.05) is 18.2 Å². The highest BCUT2D eigenvalue weighted by atomic mass is 19.4. The Hall–Kier alpha value is -4.88. The number of rotatable bonds is 6. The molecule has 1 aromatic heterocycles. The Labute approximate surface area is 244 Å². The molecule has 0 spiro atoms. The maximum Gasteiger partial charge on any atom is 0.493 e. The number of aromatic nitrogens is 1. The molecule has 4 amide bonds. The van der Waals surface area contributed by atoms with Gasteiger partial charge < -0.3 is 24.7 Å². The third kappa shape index (κ3) is 7.70. The van der Waals surface area contributed by atoms with Gasteiger partial charge in [0.1, 0.15) is 12.4 Å². The number of halogens is 3. The number of hydrogen-bond acceptors (Lipinski definition) is 7. The number of carbonyl (C=O) groups excluding carboxylic acids is 4. The molecule has 0 bridgehead atoms. The molecule has 0 unspecified atom stereocenters. The zero-order valence-electron chi connectivity index (χ0n) is 23.6. The second kappa shape index (κ2) is 13.0. The van der Waals surface area contributed by atoms with Crippen LogP contribution in [0.2, 0.25) is 0 Å². The molecule has 228 valence electrons. The molecule has 43 heavy (non-hydrogen) atoms. The molecular formula is C29H30F3N5O6. The number of urea groups is 1. The summed E-state index contributed by atoms with van der Waals surface area (Å²) in [6, 6.07) is 14.5. The Morgan fingerprint density at radius 1 is 1.07 bits per heavy atom. The van der Waals surface area contributed by atoms with Crippen molar-refractivity contribution in [3.63, 3.8) is 0 Å². The number of likely N-dealkylation sites (tertiary alicyclic amines) is 1. The van der Waals surface area contributed by atoms with Crippen LogP contribution in [0.25, 0.3) is 10.9 Å². The van der Waals surface area contributed by atoms with Crippen LogP contribution in [0.5, 0.6) is 5.75 Å². The fourth-order valence-electron chi connectivity index (χ4n) is 4.73. The van der Waals surface area contributed by atoms with Crippen LogP contribution >= 0.6 is 0 Å². The van der Waals surface area contributed by atoms with Gasteiger partial charge in [-0.25, -0.2) is 9.59 Å². The molecule has 1 saturated heterocycles. The van der Waals surface area contributed by atoms with E-state index in [1.54, 1.807) is 12.1 Å². The number of hydrogen-bond donors (Lipinski definition) is 2. The average molecular weight is 602 g/mol. The molecule has 1 fully saturated rings. The van der Waals surface area contributed by atoms with E-state index in [-0.39, 0.29) is 37.7 Å². The lowest BCUT2D eigenvalue weighted by molar-refractivity contribution is -0.208. The molecule has 2 N–H and O–H groups in total. The van der Waals surface area contributed by atoms with Crippen molar-refractivity contribution in [2.24, 2.45) is 5.92 Å². The molecule has 4 rings (SSSR count). The number of alkyl halides is 3. The Kier molecular flexibility index (Phi) is 9.37. The standard InChI is InChI=1S/C29H30F3N5O6/c1-17-14-19(21-6-4-5-7-23(21)33-17)16-42-20-10-8-18(9-11-20)25(38)34-24-15-37(28(41)36(2)3)13-12-22(24)26(39)35-43-27(40)29(30,31)32/h4-11,14,22,24H,12-13,15-16H2,1-3H3,(H,34,38)(H,35,39)/t22-,24-/m0/s1. The van der Waals surface area contributed by atoms with Crippen molar-refractivity contribution in [3.8, 4) is 5.75 Å². The van der Waals surface area contributed by atoms with Crippen molar-refractivity contribution in [1.29, 1.82) is 0 Å². The van der Waals surface area contributed by atoms with Gasteiger partial charge in [-0.3, -0.25) is 14.6 Å². The maximum absolute atomic E-state index is 13.1. The number of fused-ring (bicyclic) bond motifs is 1. The first-order chi connectivity index (χ1) is 20.3. The first-order valence-corrected chi connectivity index (χ1v) is 13.3. The summed E-state index contributed by atoms with van der Waals surface area (Å²) in [5, 5.41) is 3.65. The topological polar surface area (TPSA) is 130 Å². The number of carbonyl (C=O) groups is 4. The highest BCUT2D eigenvalue weighted by molar-refractivity contribution is 5.95. The summed E-state index contributed by atoms with van der Waals surface area (Å²) >= 11 is 0. The normalized spacial score (nSPS) is 16.7. The SMILES string of the molecule is Cc1cc(COc2ccc(C(=O)N[C@H]3CN(C(=O)N(C)C)CC[C@@H]3C(=O)NOC(=O)C(F)(F)F)cc2)c2ccccc2n1. The van der Waals surface area contributed by atoms with Gasteiger partial charge in [-0.15, -0.1) is 0 Å². The maximum atomic E-state index is 13.1. The summed E-state index contributed by atoms with van der Waals surface area (Å²) in [6.07, 6.45) is -5.31. The van der Waals surface area contributed by atoms with Gasteiger partial charge in [0.15, 0.2) is 0 Å². The number of ether oxygens (including phenoxy) is 1. The molecule has 3 aromatic rings. The van der Waals surface area contributed by atoms with Gasteiger partial charge >= 0.3 is 18.2 Å². The van der Waals surface area contributed by atoms with Crippen molar-refractivity contribution in [2.45, 2.75) is 32.2 Å². The largest absolute Gasteiger partial charge is 0.493 e. The third-order valence-electron chi connectivity index (χ3n) is 6.84. The van der Waals surface area contributed by atoms with Gasteiger partial charge in [-0.05, 0) is 49.7 Å². The molecule has 0 radical (unpaired) electrons. The lowest BCUT2D eigenvalue weighted by atomic mass is 9.90. The summed E-state index contributed by atoms with van der Waals surface area (Å²) in [4.78, 5) is 60.5. The zero-order valence-corrected chi connectivity index (χ0v) is 23.6. The van der Waals surface area contributed by atoms with E-state index in [0.717, 1.165) is 22.2 Å². The smallest absolute Gasteiger partial charge is 0.489 e. The number of aryl methyl sites for hydroxylation is 1. The molecule has 2 heterocycles. The molecule has 11 nitrogen and oxygen atoms in total. The second-order valence-corrected chi connectivity index (χ2v) is 10.2. The van der Waals surface area contributed by atoms with Crippen LogP contribution in [0.1, 0.15) is 28.0 Å². The van der Waals surface area contributed by atoms with Crippen molar-refractivity contribution < 1.29 is 41.9 Å². The number of hydroxylamine groups is 1. The van der Waals surface area contributed by atoms with Gasteiger partial charge in [0.2, 0.25) is 0 Å². The number of nitrogens with one attached hydrogen (secondary N) is 2. The van der Waals surface area contributed by atoms with Crippen molar-refractivity contribution in [3.05, 3.63) is 71.4 Å². The monoisotopic (exact) mass is 601 g/mol. The first kappa shape index (κ1) is 31.1. The lowest BCUT2D eigenvalue weighted by Gasteiger charge is -2.38. The van der Waals surface area contributed by atoms with Crippen molar-refractivity contribution in [2.75, 3.05) is 27.2 Å². The summed E-state index contributed by atoms with van der Waals surface area (Å²) < 4.78 is 43.4. The minimum atomic E-state index is -5.30. The van der Waals surface area contributed by atoms with E-state index in [2.05, 4.69) is 15.1 Å². The second-order valence-electron chi connectivity index (χ2n) is 10.2. The molecule has 1 aliphatic heterocycles. The van der Waals surface area contributed by atoms with Crippen LogP contribution in [0, 0.1) is 12.8 Å². The number of para-hydroxylation sites is 1.